The number of nitrogens with zero attached hydrogens (tertiary/aromatic N) is 3. The van der Waals surface area contributed by atoms with E-state index in [1.165, 1.54) is 23.7 Å². The average Bonchev–Trinajstić information content (AvgIpc) is 2.99. The molecule has 1 saturated carbocycles. The predicted molar refractivity (Wildman–Crippen MR) is 92.3 cm³/mol. The SMILES string of the molecule is COc1ccc(F)cc1[C@@H](Nc1nc(N(C)C)ns1)C1CC(O)C1. The second-order valence-corrected chi connectivity index (χ2v) is 6.94. The van der Waals surface area contributed by atoms with E-state index < -0.39 is 0 Å². The molecule has 1 fully saturated rings. The number of aliphatic hydroxyl groups is 1. The van der Waals surface area contributed by atoms with Gasteiger partial charge in [0.25, 0.3) is 0 Å². The van der Waals surface area contributed by atoms with Gasteiger partial charge in [0.2, 0.25) is 11.1 Å². The molecular formula is C16H21FN4O2S. The summed E-state index contributed by atoms with van der Waals surface area (Å²) in [5, 5.41) is 13.7. The highest BCUT2D eigenvalue weighted by atomic mass is 32.1. The van der Waals surface area contributed by atoms with Crippen LogP contribution in [0.15, 0.2) is 18.2 Å². The Morgan fingerprint density at radius 2 is 2.17 bits per heavy atom. The van der Waals surface area contributed by atoms with Crippen LogP contribution in [0.2, 0.25) is 0 Å². The zero-order chi connectivity index (χ0) is 17.3. The normalized spacial score (nSPS) is 21.0. The van der Waals surface area contributed by atoms with Crippen molar-refractivity contribution in [2.75, 3.05) is 31.4 Å². The second kappa shape index (κ2) is 6.90. The number of aliphatic hydroxyl groups excluding tert-OH is 1. The van der Waals surface area contributed by atoms with E-state index >= 15 is 0 Å². The third kappa shape index (κ3) is 3.44. The van der Waals surface area contributed by atoms with E-state index in [-0.39, 0.29) is 23.9 Å². The molecule has 2 N–H and O–H groups in total. The molecule has 3 rings (SSSR count). The molecule has 1 aromatic carbocycles. The molecule has 1 aliphatic carbocycles. The Morgan fingerprint density at radius 1 is 1.42 bits per heavy atom. The number of ether oxygens (including phenoxy) is 1. The summed E-state index contributed by atoms with van der Waals surface area (Å²) in [6.07, 6.45) is 1.03. The van der Waals surface area contributed by atoms with E-state index in [0.717, 1.165) is 5.56 Å². The van der Waals surface area contributed by atoms with Crippen molar-refractivity contribution in [1.82, 2.24) is 9.36 Å². The van der Waals surface area contributed by atoms with Gasteiger partial charge < -0.3 is 20.1 Å². The van der Waals surface area contributed by atoms with Gasteiger partial charge in [0.05, 0.1) is 19.3 Å². The summed E-state index contributed by atoms with van der Waals surface area (Å²) < 4.78 is 23.5. The fraction of sp³-hybridized carbons (Fsp3) is 0.500. The minimum absolute atomic E-state index is 0.183. The van der Waals surface area contributed by atoms with Crippen LogP contribution in [0.5, 0.6) is 5.75 Å². The third-order valence-electron chi connectivity index (χ3n) is 4.24. The molecule has 0 aliphatic heterocycles. The highest BCUT2D eigenvalue weighted by Crippen LogP contribution is 2.43. The molecule has 1 aromatic heterocycles. The van der Waals surface area contributed by atoms with Gasteiger partial charge in [0.1, 0.15) is 11.6 Å². The molecule has 0 radical (unpaired) electrons. The number of anilines is 2. The van der Waals surface area contributed by atoms with Crippen LogP contribution >= 0.6 is 11.5 Å². The van der Waals surface area contributed by atoms with Gasteiger partial charge in [0.15, 0.2) is 0 Å². The molecule has 0 spiro atoms. The van der Waals surface area contributed by atoms with Gasteiger partial charge in [-0.25, -0.2) is 4.39 Å². The van der Waals surface area contributed by atoms with Gasteiger partial charge in [-0.15, -0.1) is 0 Å². The van der Waals surface area contributed by atoms with E-state index in [9.17, 15) is 9.50 Å². The van der Waals surface area contributed by atoms with Crippen molar-refractivity contribution < 1.29 is 14.2 Å². The van der Waals surface area contributed by atoms with Crippen LogP contribution in [0.3, 0.4) is 0 Å². The summed E-state index contributed by atoms with van der Waals surface area (Å²) >= 11 is 1.26. The Labute approximate surface area is 144 Å². The van der Waals surface area contributed by atoms with E-state index in [1.54, 1.807) is 13.2 Å². The summed E-state index contributed by atoms with van der Waals surface area (Å²) in [4.78, 5) is 6.26. The summed E-state index contributed by atoms with van der Waals surface area (Å²) in [7, 11) is 5.32. The number of rotatable bonds is 6. The van der Waals surface area contributed by atoms with Crippen molar-refractivity contribution in [1.29, 1.82) is 0 Å². The number of nitrogens with one attached hydrogen (secondary N) is 1. The Kier molecular flexibility index (Phi) is 4.86. The predicted octanol–water partition coefficient (Wildman–Crippen LogP) is 2.68. The first-order valence-electron chi connectivity index (χ1n) is 7.77. The number of hydrogen-bond donors (Lipinski definition) is 2. The van der Waals surface area contributed by atoms with Crippen LogP contribution in [-0.2, 0) is 0 Å². The van der Waals surface area contributed by atoms with Crippen molar-refractivity contribution in [2.24, 2.45) is 5.92 Å². The zero-order valence-corrected chi connectivity index (χ0v) is 14.7. The number of aromatic nitrogens is 2. The van der Waals surface area contributed by atoms with Gasteiger partial charge in [-0.3, -0.25) is 0 Å². The first-order chi connectivity index (χ1) is 11.5. The van der Waals surface area contributed by atoms with Gasteiger partial charge in [0, 0.05) is 31.2 Å². The lowest BCUT2D eigenvalue weighted by Gasteiger charge is -2.38. The molecular weight excluding hydrogens is 331 g/mol. The summed E-state index contributed by atoms with van der Waals surface area (Å²) in [6.45, 7) is 0. The molecule has 2 aromatic rings. The lowest BCUT2D eigenvalue weighted by atomic mass is 9.75. The maximum Gasteiger partial charge on any atom is 0.238 e. The van der Waals surface area contributed by atoms with Crippen molar-refractivity contribution in [3.63, 3.8) is 0 Å². The van der Waals surface area contributed by atoms with Crippen LogP contribution in [-0.4, -0.2) is 41.8 Å². The van der Waals surface area contributed by atoms with Crippen LogP contribution < -0.4 is 15.0 Å². The number of benzene rings is 1. The molecule has 130 valence electrons. The quantitative estimate of drug-likeness (QED) is 0.833. The van der Waals surface area contributed by atoms with Crippen LogP contribution in [0, 0.1) is 11.7 Å². The molecule has 1 aliphatic rings. The Morgan fingerprint density at radius 3 is 2.75 bits per heavy atom. The van der Waals surface area contributed by atoms with Gasteiger partial charge >= 0.3 is 0 Å². The van der Waals surface area contributed by atoms with Gasteiger partial charge in [-0.05, 0) is 37.0 Å². The summed E-state index contributed by atoms with van der Waals surface area (Å²) in [5.74, 6) is 1.11. The first kappa shape index (κ1) is 16.9. The van der Waals surface area contributed by atoms with Crippen molar-refractivity contribution in [3.8, 4) is 5.75 Å². The van der Waals surface area contributed by atoms with Crippen molar-refractivity contribution in [2.45, 2.75) is 25.0 Å². The third-order valence-corrected chi connectivity index (χ3v) is 4.88. The average molecular weight is 352 g/mol. The molecule has 0 unspecified atom stereocenters. The molecule has 8 heteroatoms. The molecule has 0 bridgehead atoms. The minimum Gasteiger partial charge on any atom is -0.496 e. The summed E-state index contributed by atoms with van der Waals surface area (Å²) in [6, 6.07) is 4.29. The van der Waals surface area contributed by atoms with Crippen LogP contribution in [0.4, 0.5) is 15.5 Å². The van der Waals surface area contributed by atoms with Crippen molar-refractivity contribution >= 4 is 22.6 Å². The van der Waals surface area contributed by atoms with Gasteiger partial charge in [-0.1, -0.05) is 0 Å². The largest absolute Gasteiger partial charge is 0.496 e. The highest BCUT2D eigenvalue weighted by Gasteiger charge is 2.36. The fourth-order valence-corrected chi connectivity index (χ4v) is 3.56. The topological polar surface area (TPSA) is 70.5 Å². The van der Waals surface area contributed by atoms with E-state index in [0.29, 0.717) is 29.7 Å². The van der Waals surface area contributed by atoms with Crippen LogP contribution in [0.25, 0.3) is 0 Å². The number of methoxy groups -OCH3 is 1. The van der Waals surface area contributed by atoms with Gasteiger partial charge in [-0.2, -0.15) is 9.36 Å². The lowest BCUT2D eigenvalue weighted by Crippen LogP contribution is -2.36. The Bertz CT molecular complexity index is 703. The Balaban J connectivity index is 1.90. The number of halogens is 1. The highest BCUT2D eigenvalue weighted by molar-refractivity contribution is 7.09. The lowest BCUT2D eigenvalue weighted by molar-refractivity contribution is 0.0336. The zero-order valence-electron chi connectivity index (χ0n) is 13.9. The summed E-state index contributed by atoms with van der Waals surface area (Å²) in [5.41, 5.74) is 0.732. The molecule has 1 heterocycles. The molecule has 0 saturated heterocycles. The minimum atomic E-state index is -0.316. The van der Waals surface area contributed by atoms with Crippen molar-refractivity contribution in [3.05, 3.63) is 29.6 Å². The fourth-order valence-electron chi connectivity index (χ4n) is 2.89. The Hall–Kier alpha value is -1.93. The molecule has 1 atom stereocenters. The maximum atomic E-state index is 13.8. The monoisotopic (exact) mass is 352 g/mol. The second-order valence-electron chi connectivity index (χ2n) is 6.19. The first-order valence-corrected chi connectivity index (χ1v) is 8.54. The molecule has 0 amide bonds. The molecule has 6 nitrogen and oxygen atoms in total. The van der Waals surface area contributed by atoms with E-state index in [1.807, 2.05) is 19.0 Å². The smallest absolute Gasteiger partial charge is 0.238 e. The standard InChI is InChI=1S/C16H21FN4O2S/c1-21(2)15-19-16(24-20-15)18-14(9-6-11(22)7-9)12-8-10(17)4-5-13(12)23-3/h4-5,8-9,11,14,22H,6-7H2,1-3H3,(H,18,19,20)/t9?,11?,14-/m0/s1. The van der Waals surface area contributed by atoms with E-state index in [2.05, 4.69) is 14.7 Å². The van der Waals surface area contributed by atoms with Crippen LogP contribution in [0.1, 0.15) is 24.4 Å². The van der Waals surface area contributed by atoms with E-state index in [4.69, 9.17) is 4.74 Å². The maximum absolute atomic E-state index is 13.8. The molecule has 24 heavy (non-hydrogen) atoms. The number of hydrogen-bond acceptors (Lipinski definition) is 7.